The van der Waals surface area contributed by atoms with Crippen LogP contribution in [0.15, 0.2) is 39.8 Å². The SMILES string of the molecule is COc1ccc(NC2c3cc(Br)ccc3N=CC2SN2CCOCC2)c(C(=O)O)n1. The molecule has 0 saturated carbocycles. The molecule has 0 amide bonds. The molecular weight excluding hydrogens is 472 g/mol. The van der Waals surface area contributed by atoms with Gasteiger partial charge in [-0.2, -0.15) is 0 Å². The fraction of sp³-hybridized carbons (Fsp3) is 0.350. The number of carboxylic acids is 1. The number of anilines is 1. The van der Waals surface area contributed by atoms with E-state index in [9.17, 15) is 9.90 Å². The Morgan fingerprint density at radius 3 is 2.87 bits per heavy atom. The van der Waals surface area contributed by atoms with Crippen molar-refractivity contribution in [1.82, 2.24) is 9.29 Å². The van der Waals surface area contributed by atoms with Crippen LogP contribution in [0.25, 0.3) is 0 Å². The Bertz CT molecular complexity index is 968. The van der Waals surface area contributed by atoms with E-state index in [0.717, 1.165) is 28.8 Å². The molecule has 0 bridgehead atoms. The lowest BCUT2D eigenvalue weighted by Gasteiger charge is -2.35. The maximum absolute atomic E-state index is 11.8. The number of aromatic carboxylic acids is 1. The van der Waals surface area contributed by atoms with Crippen molar-refractivity contribution in [3.63, 3.8) is 0 Å². The maximum atomic E-state index is 11.8. The molecule has 10 heteroatoms. The number of benzene rings is 1. The number of aromatic nitrogens is 1. The summed E-state index contributed by atoms with van der Waals surface area (Å²) in [5.74, 6) is -0.863. The van der Waals surface area contributed by atoms with Crippen molar-refractivity contribution in [2.75, 3.05) is 38.7 Å². The zero-order valence-electron chi connectivity index (χ0n) is 16.2. The van der Waals surface area contributed by atoms with Gasteiger partial charge in [0.05, 0.1) is 43.0 Å². The van der Waals surface area contributed by atoms with Gasteiger partial charge >= 0.3 is 5.97 Å². The lowest BCUT2D eigenvalue weighted by molar-refractivity contribution is 0.0690. The highest BCUT2D eigenvalue weighted by molar-refractivity contribution is 9.10. The first-order chi connectivity index (χ1) is 14.5. The minimum absolute atomic E-state index is 0.0337. The largest absolute Gasteiger partial charge is 0.481 e. The molecular formula is C20H21BrN4O4S. The van der Waals surface area contributed by atoms with E-state index >= 15 is 0 Å². The van der Waals surface area contributed by atoms with Crippen LogP contribution in [0.4, 0.5) is 11.4 Å². The first-order valence-electron chi connectivity index (χ1n) is 9.43. The second-order valence-electron chi connectivity index (χ2n) is 6.77. The summed E-state index contributed by atoms with van der Waals surface area (Å²) in [7, 11) is 1.46. The molecule has 2 aliphatic rings. The Balaban J connectivity index is 1.68. The molecule has 2 N–H and O–H groups in total. The molecule has 3 heterocycles. The number of methoxy groups -OCH3 is 1. The van der Waals surface area contributed by atoms with Gasteiger partial charge in [0.25, 0.3) is 0 Å². The summed E-state index contributed by atoms with van der Waals surface area (Å²) in [4.78, 5) is 20.6. The third kappa shape index (κ3) is 4.61. The Morgan fingerprint density at radius 1 is 1.33 bits per heavy atom. The fourth-order valence-corrected chi connectivity index (χ4v) is 4.92. The van der Waals surface area contributed by atoms with Gasteiger partial charge < -0.3 is 19.9 Å². The minimum atomic E-state index is -1.12. The summed E-state index contributed by atoms with van der Waals surface area (Å²) < 4.78 is 13.7. The number of nitrogens with zero attached hydrogens (tertiary/aromatic N) is 3. The van der Waals surface area contributed by atoms with Gasteiger partial charge in [-0.15, -0.1) is 0 Å². The first-order valence-corrected chi connectivity index (χ1v) is 11.1. The van der Waals surface area contributed by atoms with Gasteiger partial charge in [-0.3, -0.25) is 4.99 Å². The molecule has 2 atom stereocenters. The van der Waals surface area contributed by atoms with Gasteiger partial charge in [-0.25, -0.2) is 14.1 Å². The van der Waals surface area contributed by atoms with Crippen molar-refractivity contribution in [1.29, 1.82) is 0 Å². The Morgan fingerprint density at radius 2 is 2.13 bits per heavy atom. The van der Waals surface area contributed by atoms with Crippen LogP contribution < -0.4 is 10.1 Å². The van der Waals surface area contributed by atoms with Gasteiger partial charge in [0.1, 0.15) is 0 Å². The van der Waals surface area contributed by atoms with Crippen LogP contribution in [0.1, 0.15) is 22.1 Å². The van der Waals surface area contributed by atoms with Crippen molar-refractivity contribution in [2.24, 2.45) is 4.99 Å². The van der Waals surface area contributed by atoms with Crippen LogP contribution in [0.3, 0.4) is 0 Å². The van der Waals surface area contributed by atoms with E-state index in [-0.39, 0.29) is 22.9 Å². The third-order valence-electron chi connectivity index (χ3n) is 4.85. The quantitative estimate of drug-likeness (QED) is 0.588. The highest BCUT2D eigenvalue weighted by atomic mass is 79.9. The summed E-state index contributed by atoms with van der Waals surface area (Å²) >= 11 is 5.24. The molecule has 2 aliphatic heterocycles. The second-order valence-corrected chi connectivity index (χ2v) is 8.96. The molecule has 0 spiro atoms. The number of nitrogens with one attached hydrogen (secondary N) is 1. The molecule has 0 radical (unpaired) electrons. The number of rotatable bonds is 6. The smallest absolute Gasteiger partial charge is 0.356 e. The number of carboxylic acid groups (broad SMARTS) is 1. The summed E-state index contributed by atoms with van der Waals surface area (Å²) in [5.41, 5.74) is 2.20. The highest BCUT2D eigenvalue weighted by Gasteiger charge is 2.32. The van der Waals surface area contributed by atoms with Crippen LogP contribution in [-0.2, 0) is 4.74 Å². The lowest BCUT2D eigenvalue weighted by atomic mass is 9.99. The van der Waals surface area contributed by atoms with Gasteiger partial charge in [0.2, 0.25) is 5.88 Å². The number of hydrogen-bond acceptors (Lipinski definition) is 8. The highest BCUT2D eigenvalue weighted by Crippen LogP contribution is 2.41. The number of morpholine rings is 1. The van der Waals surface area contributed by atoms with Crippen molar-refractivity contribution in [3.05, 3.63) is 46.1 Å². The number of fused-ring (bicyclic) bond motifs is 1. The van der Waals surface area contributed by atoms with Gasteiger partial charge in [-0.05, 0) is 24.3 Å². The maximum Gasteiger partial charge on any atom is 0.356 e. The van der Waals surface area contributed by atoms with E-state index in [4.69, 9.17) is 9.47 Å². The summed E-state index contributed by atoms with van der Waals surface area (Å²) in [6.45, 7) is 3.06. The van der Waals surface area contributed by atoms with E-state index in [1.54, 1.807) is 24.1 Å². The molecule has 0 aliphatic carbocycles. The molecule has 1 fully saturated rings. The fourth-order valence-electron chi connectivity index (χ4n) is 3.38. The summed E-state index contributed by atoms with van der Waals surface area (Å²) in [6, 6.07) is 9.06. The number of carbonyl (C=O) groups is 1. The first kappa shape index (κ1) is 21.1. The van der Waals surface area contributed by atoms with E-state index in [1.807, 2.05) is 24.4 Å². The van der Waals surface area contributed by atoms with Crippen LogP contribution in [0.2, 0.25) is 0 Å². The zero-order chi connectivity index (χ0) is 21.1. The van der Waals surface area contributed by atoms with Crippen molar-refractivity contribution in [2.45, 2.75) is 11.3 Å². The van der Waals surface area contributed by atoms with Crippen LogP contribution in [-0.4, -0.2) is 65.2 Å². The molecule has 158 valence electrons. The number of halogens is 1. The van der Waals surface area contributed by atoms with Crippen molar-refractivity contribution < 1.29 is 19.4 Å². The van der Waals surface area contributed by atoms with Crippen LogP contribution >= 0.6 is 27.9 Å². The van der Waals surface area contributed by atoms with Gasteiger partial charge in [0.15, 0.2) is 5.69 Å². The third-order valence-corrected chi connectivity index (χ3v) is 6.64. The standard InChI is InChI=1S/C20H21BrN4O4S/c1-28-17-5-4-15(19(24-17)20(26)27)23-18-13-10-12(21)2-3-14(13)22-11-16(18)30-25-6-8-29-9-7-25/h2-5,10-11,16,18,23H,6-9H2,1H3,(H,26,27). The zero-order valence-corrected chi connectivity index (χ0v) is 18.6. The number of ether oxygens (including phenoxy) is 2. The molecule has 2 aromatic rings. The Labute approximate surface area is 186 Å². The van der Waals surface area contributed by atoms with Crippen LogP contribution in [0, 0.1) is 0 Å². The molecule has 2 unspecified atom stereocenters. The molecule has 1 aromatic heterocycles. The predicted octanol–water partition coefficient (Wildman–Crippen LogP) is 3.77. The van der Waals surface area contributed by atoms with E-state index in [1.165, 1.54) is 7.11 Å². The van der Waals surface area contributed by atoms with E-state index < -0.39 is 5.97 Å². The van der Waals surface area contributed by atoms with Crippen molar-refractivity contribution >= 4 is 51.4 Å². The number of pyridine rings is 1. The molecule has 4 rings (SSSR count). The van der Waals surface area contributed by atoms with Gasteiger partial charge in [-0.1, -0.05) is 27.9 Å². The molecule has 1 aromatic carbocycles. The minimum Gasteiger partial charge on any atom is -0.481 e. The number of hydrogen-bond donors (Lipinski definition) is 2. The monoisotopic (exact) mass is 492 g/mol. The average molecular weight is 493 g/mol. The van der Waals surface area contributed by atoms with E-state index in [0.29, 0.717) is 18.9 Å². The predicted molar refractivity (Wildman–Crippen MR) is 120 cm³/mol. The normalized spacial score (nSPS) is 21.1. The lowest BCUT2D eigenvalue weighted by Crippen LogP contribution is -2.36. The number of aliphatic imine (C=N–C) groups is 1. The second kappa shape index (κ2) is 9.34. The van der Waals surface area contributed by atoms with Crippen LogP contribution in [0.5, 0.6) is 5.88 Å². The Hall–Kier alpha value is -2.14. The molecule has 30 heavy (non-hydrogen) atoms. The Kier molecular flexibility index (Phi) is 6.57. The van der Waals surface area contributed by atoms with E-state index in [2.05, 4.69) is 35.5 Å². The molecule has 8 nitrogen and oxygen atoms in total. The molecule has 1 saturated heterocycles. The summed E-state index contributed by atoms with van der Waals surface area (Å²) in [5, 5.41) is 13.0. The summed E-state index contributed by atoms with van der Waals surface area (Å²) in [6.07, 6.45) is 1.92. The topological polar surface area (TPSA) is 96.3 Å². The van der Waals surface area contributed by atoms with Crippen molar-refractivity contribution in [3.8, 4) is 5.88 Å². The van der Waals surface area contributed by atoms with Gasteiger partial charge in [0, 0.05) is 35.4 Å². The average Bonchev–Trinajstić information content (AvgIpc) is 2.76.